The summed E-state index contributed by atoms with van der Waals surface area (Å²) in [6.45, 7) is 3.22. The zero-order chi connectivity index (χ0) is 15.2. The van der Waals surface area contributed by atoms with E-state index in [4.69, 9.17) is 11.6 Å². The third-order valence-corrected chi connectivity index (χ3v) is 3.17. The first-order valence-corrected chi connectivity index (χ1v) is 6.80. The molecule has 0 aromatic carbocycles. The van der Waals surface area contributed by atoms with E-state index < -0.39 is 5.83 Å². The molecule has 108 valence electrons. The Labute approximate surface area is 128 Å². The molecule has 21 heavy (non-hydrogen) atoms. The molecule has 0 fully saturated rings. The number of allylic oxidation sites excluding steroid dienone is 6. The maximum absolute atomic E-state index is 12.8. The number of halogens is 2. The summed E-state index contributed by atoms with van der Waals surface area (Å²) in [6.07, 6.45) is 8.57. The molecule has 0 atom stereocenters. The predicted molar refractivity (Wildman–Crippen MR) is 84.2 cm³/mol. The van der Waals surface area contributed by atoms with Gasteiger partial charge in [-0.3, -0.25) is 4.98 Å². The molecule has 3 nitrogen and oxygen atoms in total. The van der Waals surface area contributed by atoms with Crippen LogP contribution in [0.5, 0.6) is 0 Å². The third kappa shape index (κ3) is 4.13. The molecule has 0 saturated heterocycles. The van der Waals surface area contributed by atoms with Crippen LogP contribution in [-0.4, -0.2) is 14.8 Å². The Bertz CT molecular complexity index is 695. The van der Waals surface area contributed by atoms with E-state index in [2.05, 4.69) is 10.1 Å². The molecule has 0 saturated carbocycles. The zero-order valence-corrected chi connectivity index (χ0v) is 12.5. The molecule has 0 N–H and O–H groups in total. The molecule has 5 heteroatoms. The van der Waals surface area contributed by atoms with E-state index in [-0.39, 0.29) is 5.03 Å². The van der Waals surface area contributed by atoms with E-state index >= 15 is 0 Å². The summed E-state index contributed by atoms with van der Waals surface area (Å²) in [7, 11) is 0. The number of hydrogen-bond acceptors (Lipinski definition) is 2. The lowest BCUT2D eigenvalue weighted by atomic mass is 10.3. The number of rotatable bonds is 4. The van der Waals surface area contributed by atoms with Crippen molar-refractivity contribution in [1.82, 2.24) is 14.8 Å². The van der Waals surface area contributed by atoms with Gasteiger partial charge in [0.1, 0.15) is 11.5 Å². The second kappa shape index (κ2) is 6.99. The van der Waals surface area contributed by atoms with Crippen LogP contribution in [0.15, 0.2) is 65.7 Å². The summed E-state index contributed by atoms with van der Waals surface area (Å²) in [4.78, 5) is 4.25. The monoisotopic (exact) mass is 303 g/mol. The Hall–Kier alpha value is -2.20. The predicted octanol–water partition coefficient (Wildman–Crippen LogP) is 4.80. The van der Waals surface area contributed by atoms with E-state index in [0.717, 1.165) is 17.1 Å². The van der Waals surface area contributed by atoms with E-state index in [1.807, 2.05) is 37.4 Å². The Morgan fingerprint density at radius 1 is 1.24 bits per heavy atom. The highest BCUT2D eigenvalue weighted by Crippen LogP contribution is 2.15. The number of hydrogen-bond donors (Lipinski definition) is 0. The Balaban J connectivity index is 2.16. The Morgan fingerprint density at radius 3 is 2.71 bits per heavy atom. The lowest BCUT2D eigenvalue weighted by Gasteiger charge is -1.99. The van der Waals surface area contributed by atoms with Crippen LogP contribution in [0.3, 0.4) is 0 Å². The molecule has 2 heterocycles. The molecule has 0 spiro atoms. The molecule has 0 bridgehead atoms. The van der Waals surface area contributed by atoms with Gasteiger partial charge >= 0.3 is 0 Å². The highest BCUT2D eigenvalue weighted by molar-refractivity contribution is 6.31. The van der Waals surface area contributed by atoms with Gasteiger partial charge in [-0.2, -0.15) is 5.10 Å². The highest BCUT2D eigenvalue weighted by Gasteiger charge is 2.03. The molecular weight excluding hydrogens is 289 g/mol. The van der Waals surface area contributed by atoms with Crippen molar-refractivity contribution in [3.63, 3.8) is 0 Å². The molecule has 2 aromatic heterocycles. The van der Waals surface area contributed by atoms with Crippen LogP contribution < -0.4 is 0 Å². The van der Waals surface area contributed by atoms with E-state index in [0.29, 0.717) is 0 Å². The maximum Gasteiger partial charge on any atom is 0.115 e. The normalized spacial score (nSPS) is 13.6. The minimum absolute atomic E-state index is 0.0914. The molecule has 0 aliphatic carbocycles. The van der Waals surface area contributed by atoms with Crippen LogP contribution in [0, 0.1) is 0 Å². The molecule has 0 aliphatic rings. The first kappa shape index (κ1) is 15.2. The van der Waals surface area contributed by atoms with Crippen LogP contribution in [0.4, 0.5) is 4.39 Å². The zero-order valence-electron chi connectivity index (χ0n) is 11.8. The average molecular weight is 304 g/mol. The fourth-order valence-corrected chi connectivity index (χ4v) is 1.71. The average Bonchev–Trinajstić information content (AvgIpc) is 2.97. The minimum atomic E-state index is -0.407. The molecule has 0 amide bonds. The molecule has 0 unspecified atom stereocenters. The topological polar surface area (TPSA) is 30.7 Å². The fraction of sp³-hybridized carbons (Fsp3) is 0.125. The summed E-state index contributed by atoms with van der Waals surface area (Å²) < 4.78 is 14.5. The lowest BCUT2D eigenvalue weighted by molar-refractivity contribution is 0.638. The minimum Gasteiger partial charge on any atom is -0.255 e. The van der Waals surface area contributed by atoms with Crippen molar-refractivity contribution in [1.29, 1.82) is 0 Å². The molecular formula is C16H15ClFN3. The van der Waals surface area contributed by atoms with Gasteiger partial charge in [-0.1, -0.05) is 23.7 Å². The van der Waals surface area contributed by atoms with Crippen LogP contribution in [0.2, 0.25) is 0 Å². The van der Waals surface area contributed by atoms with Crippen molar-refractivity contribution < 1.29 is 4.39 Å². The summed E-state index contributed by atoms with van der Waals surface area (Å²) in [6, 6.07) is 7.57. The molecule has 0 radical (unpaired) electrons. The highest BCUT2D eigenvalue weighted by atomic mass is 35.5. The van der Waals surface area contributed by atoms with Crippen LogP contribution in [0.25, 0.3) is 17.1 Å². The van der Waals surface area contributed by atoms with Gasteiger partial charge in [0.2, 0.25) is 0 Å². The third-order valence-electron chi connectivity index (χ3n) is 2.79. The van der Waals surface area contributed by atoms with Gasteiger partial charge in [0.25, 0.3) is 0 Å². The van der Waals surface area contributed by atoms with Crippen molar-refractivity contribution >= 4 is 17.3 Å². The van der Waals surface area contributed by atoms with Gasteiger partial charge in [-0.15, -0.1) is 0 Å². The summed E-state index contributed by atoms with van der Waals surface area (Å²) >= 11 is 5.69. The van der Waals surface area contributed by atoms with Gasteiger partial charge in [0.05, 0.1) is 10.7 Å². The standard InChI is InChI=1S/C16H15ClFN3/c1-12(6-5-7-14(17)13(2)18)21-11-9-16(20-21)15-8-3-4-10-19-15/h3-11H,1-2H3/b7-5-,12-6+,14-13-. The van der Waals surface area contributed by atoms with Gasteiger partial charge in [0.15, 0.2) is 0 Å². The molecule has 2 rings (SSSR count). The smallest absolute Gasteiger partial charge is 0.115 e. The Kier molecular flexibility index (Phi) is 5.06. The van der Waals surface area contributed by atoms with Gasteiger partial charge in [0, 0.05) is 18.1 Å². The largest absolute Gasteiger partial charge is 0.255 e. The molecule has 2 aromatic rings. The molecule has 0 aliphatic heterocycles. The van der Waals surface area contributed by atoms with Crippen molar-refractivity contribution in [2.75, 3.05) is 0 Å². The van der Waals surface area contributed by atoms with E-state index in [1.54, 1.807) is 23.0 Å². The lowest BCUT2D eigenvalue weighted by Crippen LogP contribution is -1.94. The SMILES string of the molecule is C\C(F)=C(Cl)/C=C\C=C(/C)n1ccc(-c2ccccn2)n1. The second-order valence-corrected chi connectivity index (χ2v) is 4.82. The first-order chi connectivity index (χ1) is 10.1. The summed E-state index contributed by atoms with van der Waals surface area (Å²) in [5.41, 5.74) is 2.50. The van der Waals surface area contributed by atoms with Gasteiger partial charge in [-0.05, 0) is 44.2 Å². The number of aromatic nitrogens is 3. The van der Waals surface area contributed by atoms with Crippen LogP contribution in [0.1, 0.15) is 13.8 Å². The number of nitrogens with zero attached hydrogens (tertiary/aromatic N) is 3. The van der Waals surface area contributed by atoms with Crippen LogP contribution >= 0.6 is 11.6 Å². The van der Waals surface area contributed by atoms with Crippen molar-refractivity contribution in [3.8, 4) is 11.4 Å². The van der Waals surface area contributed by atoms with Gasteiger partial charge < -0.3 is 0 Å². The van der Waals surface area contributed by atoms with E-state index in [1.165, 1.54) is 13.0 Å². The van der Waals surface area contributed by atoms with Crippen molar-refractivity contribution in [2.45, 2.75) is 13.8 Å². The quantitative estimate of drug-likeness (QED) is 0.759. The second-order valence-electron chi connectivity index (χ2n) is 4.41. The van der Waals surface area contributed by atoms with Crippen molar-refractivity contribution in [2.24, 2.45) is 0 Å². The maximum atomic E-state index is 12.8. The summed E-state index contributed by atoms with van der Waals surface area (Å²) in [5.74, 6) is -0.407. The van der Waals surface area contributed by atoms with Crippen molar-refractivity contribution in [3.05, 3.63) is 65.7 Å². The van der Waals surface area contributed by atoms with Gasteiger partial charge in [-0.25, -0.2) is 9.07 Å². The van der Waals surface area contributed by atoms with E-state index in [9.17, 15) is 4.39 Å². The fourth-order valence-electron chi connectivity index (χ4n) is 1.63. The first-order valence-electron chi connectivity index (χ1n) is 6.42. The van der Waals surface area contributed by atoms with Crippen LogP contribution in [-0.2, 0) is 0 Å². The Morgan fingerprint density at radius 2 is 2.05 bits per heavy atom. The summed E-state index contributed by atoms with van der Waals surface area (Å²) in [5, 5.41) is 4.54. The number of pyridine rings is 1.